The van der Waals surface area contributed by atoms with E-state index < -0.39 is 0 Å². The molecule has 0 spiro atoms. The summed E-state index contributed by atoms with van der Waals surface area (Å²) in [5, 5.41) is 7.33. The Morgan fingerprint density at radius 3 is 2.58 bits per heavy atom. The summed E-state index contributed by atoms with van der Waals surface area (Å²) in [4.78, 5) is 4.23. The van der Waals surface area contributed by atoms with Crippen molar-refractivity contribution in [1.29, 1.82) is 0 Å². The van der Waals surface area contributed by atoms with Crippen LogP contribution in [0.25, 0.3) is 16.4 Å². The first-order valence-corrected chi connectivity index (χ1v) is 6.58. The number of thiazole rings is 1. The monoisotopic (exact) mass is 447 g/mol. The van der Waals surface area contributed by atoms with Gasteiger partial charge in [0.25, 0.3) is 0 Å². The molecule has 0 saturated carbocycles. The third kappa shape index (κ3) is 2.68. The fourth-order valence-corrected chi connectivity index (χ4v) is 2.61. The first-order chi connectivity index (χ1) is 8.75. The Kier molecular flexibility index (Phi) is 4.30. The summed E-state index contributed by atoms with van der Waals surface area (Å²) in [6.45, 7) is 4.20. The summed E-state index contributed by atoms with van der Waals surface area (Å²) in [6.07, 6.45) is 4.89. The molecule has 2 heterocycles. The Hall–Kier alpha value is -1.29. The van der Waals surface area contributed by atoms with Gasteiger partial charge in [-0.1, -0.05) is 35.5 Å². The molecule has 3 rings (SSSR count). The summed E-state index contributed by atoms with van der Waals surface area (Å²) >= 11 is 1.55. The van der Waals surface area contributed by atoms with Gasteiger partial charge in [0, 0.05) is 26.3 Å². The van der Waals surface area contributed by atoms with Crippen molar-refractivity contribution in [2.45, 2.75) is 13.8 Å². The maximum absolute atomic E-state index is 4.55. The molecule has 19 heavy (non-hydrogen) atoms. The summed E-state index contributed by atoms with van der Waals surface area (Å²) in [7, 11) is 0. The average molecular weight is 447 g/mol. The third-order valence-electron chi connectivity index (χ3n) is 2.87. The van der Waals surface area contributed by atoms with E-state index in [1.807, 2.05) is 11.4 Å². The summed E-state index contributed by atoms with van der Waals surface area (Å²) < 4.78 is 1.70. The van der Waals surface area contributed by atoms with Crippen molar-refractivity contribution in [3.8, 4) is 16.4 Å². The molecule has 3 aromatic rings. The number of benzene rings is 1. The quantitative estimate of drug-likeness (QED) is 0.565. The second kappa shape index (κ2) is 5.78. The van der Waals surface area contributed by atoms with Gasteiger partial charge >= 0.3 is 0 Å². The zero-order valence-electron chi connectivity index (χ0n) is 10.5. The van der Waals surface area contributed by atoms with Gasteiger partial charge in [0.1, 0.15) is 5.13 Å². The Morgan fingerprint density at radius 1 is 1.21 bits per heavy atom. The molecular weight excluding hydrogens is 434 g/mol. The number of aryl methyl sites for hydroxylation is 2. The molecule has 3 nitrogen and oxygen atoms in total. The van der Waals surface area contributed by atoms with Crippen molar-refractivity contribution in [3.63, 3.8) is 0 Å². The molecule has 0 amide bonds. The second-order valence-electron chi connectivity index (χ2n) is 4.15. The first-order valence-electron chi connectivity index (χ1n) is 5.70. The van der Waals surface area contributed by atoms with E-state index in [-0.39, 0.29) is 20.1 Å². The molecule has 0 fully saturated rings. The molecule has 0 atom stereocenters. The first kappa shape index (κ1) is 14.1. The van der Waals surface area contributed by atoms with E-state index in [1.165, 1.54) is 16.7 Å². The van der Waals surface area contributed by atoms with E-state index in [0.29, 0.717) is 0 Å². The van der Waals surface area contributed by atoms with Gasteiger partial charge in [0.2, 0.25) is 0 Å². The van der Waals surface area contributed by atoms with Crippen LogP contribution in [-0.2, 0) is 20.1 Å². The Bertz CT molecular complexity index is 654. The van der Waals surface area contributed by atoms with Gasteiger partial charge in [-0.05, 0) is 30.5 Å². The van der Waals surface area contributed by atoms with Crippen LogP contribution in [0.5, 0.6) is 0 Å². The predicted octanol–water partition coefficient (Wildman–Crippen LogP) is 3.41. The van der Waals surface area contributed by atoms with Crippen molar-refractivity contribution >= 4 is 11.3 Å². The van der Waals surface area contributed by atoms with Crippen LogP contribution >= 0.6 is 11.3 Å². The number of aromatic nitrogens is 3. The van der Waals surface area contributed by atoms with Gasteiger partial charge in [-0.15, -0.1) is 6.07 Å². The Morgan fingerprint density at radius 2 is 1.95 bits per heavy atom. The SMILES string of the molecule is Cc1cccc(C)c1-c1c[c-]n(-c2nccs2)n1.[Ir]. The van der Waals surface area contributed by atoms with E-state index in [9.17, 15) is 0 Å². The number of nitrogens with zero attached hydrogens (tertiary/aromatic N) is 3. The Labute approximate surface area is 129 Å². The molecule has 0 N–H and O–H groups in total. The van der Waals surface area contributed by atoms with Crippen LogP contribution < -0.4 is 0 Å². The van der Waals surface area contributed by atoms with Crippen LogP contribution in [0.2, 0.25) is 0 Å². The molecule has 2 aromatic heterocycles. The molecule has 0 aliphatic rings. The van der Waals surface area contributed by atoms with E-state index in [4.69, 9.17) is 0 Å². The molecule has 0 saturated heterocycles. The molecule has 0 aliphatic carbocycles. The van der Waals surface area contributed by atoms with Crippen LogP contribution in [0, 0.1) is 20.0 Å². The molecule has 5 heteroatoms. The minimum Gasteiger partial charge on any atom is -0.335 e. The molecule has 1 aromatic carbocycles. The van der Waals surface area contributed by atoms with Gasteiger partial charge in [-0.25, -0.2) is 0 Å². The van der Waals surface area contributed by atoms with Gasteiger partial charge in [-0.2, -0.15) is 11.3 Å². The maximum atomic E-state index is 4.55. The number of rotatable bonds is 2. The predicted molar refractivity (Wildman–Crippen MR) is 73.0 cm³/mol. The van der Waals surface area contributed by atoms with Crippen molar-refractivity contribution in [1.82, 2.24) is 14.8 Å². The van der Waals surface area contributed by atoms with Crippen molar-refractivity contribution in [2.24, 2.45) is 0 Å². The fraction of sp³-hybridized carbons (Fsp3) is 0.143. The maximum Gasteiger partial charge on any atom is 0.108 e. The van der Waals surface area contributed by atoms with Crippen LogP contribution in [-0.4, -0.2) is 14.8 Å². The standard InChI is InChI=1S/C14H12N3S.Ir/c1-10-4-3-5-11(2)13(10)12-6-8-17(16-12)14-15-7-9-18-14;/h3-7,9H,1-2H3;/q-1;. The zero-order valence-corrected chi connectivity index (χ0v) is 13.8. The summed E-state index contributed by atoms with van der Waals surface area (Å²) in [6, 6.07) is 8.18. The smallest absolute Gasteiger partial charge is 0.108 e. The van der Waals surface area contributed by atoms with Gasteiger partial charge in [-0.3, -0.25) is 10.1 Å². The van der Waals surface area contributed by atoms with Crippen molar-refractivity contribution in [3.05, 3.63) is 53.2 Å². The van der Waals surface area contributed by atoms with Crippen LogP contribution in [0.3, 0.4) is 0 Å². The minimum atomic E-state index is 0. The fourth-order valence-electron chi connectivity index (χ4n) is 2.05. The van der Waals surface area contributed by atoms with Gasteiger partial charge in [0.15, 0.2) is 0 Å². The summed E-state index contributed by atoms with van der Waals surface area (Å²) in [5.41, 5.74) is 4.59. The van der Waals surface area contributed by atoms with Crippen molar-refractivity contribution in [2.75, 3.05) is 0 Å². The topological polar surface area (TPSA) is 30.7 Å². The van der Waals surface area contributed by atoms with Crippen LogP contribution in [0.15, 0.2) is 35.8 Å². The largest absolute Gasteiger partial charge is 0.335 e. The van der Waals surface area contributed by atoms with Crippen LogP contribution in [0.4, 0.5) is 0 Å². The zero-order chi connectivity index (χ0) is 12.5. The van der Waals surface area contributed by atoms with Crippen LogP contribution in [0.1, 0.15) is 11.1 Å². The van der Waals surface area contributed by atoms with E-state index in [1.54, 1.807) is 22.2 Å². The van der Waals surface area contributed by atoms with E-state index in [0.717, 1.165) is 10.8 Å². The average Bonchev–Trinajstić information content (AvgIpc) is 2.99. The molecule has 1 radical (unpaired) electrons. The molecule has 99 valence electrons. The molecule has 0 unspecified atom stereocenters. The molecule has 0 bridgehead atoms. The second-order valence-corrected chi connectivity index (χ2v) is 5.02. The van der Waals surface area contributed by atoms with E-state index >= 15 is 0 Å². The van der Waals surface area contributed by atoms with Gasteiger partial charge < -0.3 is 4.68 Å². The molecular formula is C14H12IrN3S-. The third-order valence-corrected chi connectivity index (χ3v) is 3.62. The number of hydrogen-bond donors (Lipinski definition) is 0. The molecule has 0 aliphatic heterocycles. The normalized spacial score (nSPS) is 10.2. The van der Waals surface area contributed by atoms with Gasteiger partial charge in [0.05, 0.1) is 0 Å². The minimum absolute atomic E-state index is 0. The van der Waals surface area contributed by atoms with E-state index in [2.05, 4.69) is 48.3 Å². The summed E-state index contributed by atoms with van der Waals surface area (Å²) in [5.74, 6) is 0. The number of hydrogen-bond acceptors (Lipinski definition) is 3. The van der Waals surface area contributed by atoms with Crippen molar-refractivity contribution < 1.29 is 20.1 Å². The Balaban J connectivity index is 0.00000133.